The minimum Gasteiger partial charge on any atom is -0.465 e. The standard InChI is InChI=1S/C18H21N3O3S/c1-2-12-6-3-4-8-14(12)16(22)15-11-20-17(25-15)19-10-13-7-5-9-21(13)18(23)24/h3-4,6,8,11,13H,2,5,7,9-10H2,1H3,(H,19,20)(H,23,24). The first-order chi connectivity index (χ1) is 12.1. The van der Waals surface area contributed by atoms with Gasteiger partial charge in [0.2, 0.25) is 5.78 Å². The molecular formula is C18H21N3O3S. The van der Waals surface area contributed by atoms with Crippen LogP contribution in [0.4, 0.5) is 9.93 Å². The number of aromatic nitrogens is 1. The first-order valence-electron chi connectivity index (χ1n) is 8.42. The van der Waals surface area contributed by atoms with Gasteiger partial charge in [0.1, 0.15) is 0 Å². The molecule has 1 aromatic carbocycles. The topological polar surface area (TPSA) is 82.5 Å². The smallest absolute Gasteiger partial charge is 0.407 e. The van der Waals surface area contributed by atoms with Crippen LogP contribution < -0.4 is 5.32 Å². The van der Waals surface area contributed by atoms with Crippen molar-refractivity contribution in [2.45, 2.75) is 32.2 Å². The first-order valence-corrected chi connectivity index (χ1v) is 9.23. The van der Waals surface area contributed by atoms with E-state index in [1.165, 1.54) is 16.2 Å². The highest BCUT2D eigenvalue weighted by atomic mass is 32.1. The van der Waals surface area contributed by atoms with E-state index in [1.54, 1.807) is 6.20 Å². The molecule has 0 bridgehead atoms. The number of carboxylic acid groups (broad SMARTS) is 1. The molecule has 0 spiro atoms. The summed E-state index contributed by atoms with van der Waals surface area (Å²) in [7, 11) is 0. The zero-order valence-electron chi connectivity index (χ0n) is 14.1. The van der Waals surface area contributed by atoms with Crippen LogP contribution in [-0.4, -0.2) is 46.0 Å². The van der Waals surface area contributed by atoms with Gasteiger partial charge < -0.3 is 15.3 Å². The predicted octanol–water partition coefficient (Wildman–Crippen LogP) is 3.49. The molecular weight excluding hydrogens is 338 g/mol. The molecule has 1 aliphatic heterocycles. The van der Waals surface area contributed by atoms with E-state index in [1.807, 2.05) is 31.2 Å². The SMILES string of the molecule is CCc1ccccc1C(=O)c1cnc(NCC2CCCN2C(=O)O)s1. The molecule has 0 saturated carbocycles. The number of anilines is 1. The molecule has 1 atom stereocenters. The summed E-state index contributed by atoms with van der Waals surface area (Å²) in [4.78, 5) is 30.2. The summed E-state index contributed by atoms with van der Waals surface area (Å²) in [5, 5.41) is 13.0. The van der Waals surface area contributed by atoms with Crippen molar-refractivity contribution < 1.29 is 14.7 Å². The molecule has 1 unspecified atom stereocenters. The van der Waals surface area contributed by atoms with Crippen molar-refractivity contribution in [2.75, 3.05) is 18.4 Å². The molecule has 1 amide bonds. The Kier molecular flexibility index (Phi) is 5.33. The molecule has 1 aromatic heterocycles. The summed E-state index contributed by atoms with van der Waals surface area (Å²) in [5.41, 5.74) is 1.74. The van der Waals surface area contributed by atoms with Crippen LogP contribution in [0.25, 0.3) is 0 Å². The zero-order chi connectivity index (χ0) is 17.8. The highest BCUT2D eigenvalue weighted by Gasteiger charge is 2.28. The summed E-state index contributed by atoms with van der Waals surface area (Å²) >= 11 is 1.31. The minimum absolute atomic E-state index is 0.0176. The lowest BCUT2D eigenvalue weighted by Gasteiger charge is -2.21. The number of carbonyl (C=O) groups is 2. The van der Waals surface area contributed by atoms with Gasteiger partial charge in [0.25, 0.3) is 0 Å². The van der Waals surface area contributed by atoms with Crippen LogP contribution in [0.1, 0.15) is 40.6 Å². The van der Waals surface area contributed by atoms with Gasteiger partial charge in [0, 0.05) is 18.7 Å². The maximum absolute atomic E-state index is 12.7. The number of likely N-dealkylation sites (tertiary alicyclic amines) is 1. The number of thiazole rings is 1. The van der Waals surface area contributed by atoms with Gasteiger partial charge in [0.15, 0.2) is 5.13 Å². The second kappa shape index (κ2) is 7.65. The van der Waals surface area contributed by atoms with E-state index in [4.69, 9.17) is 0 Å². The van der Waals surface area contributed by atoms with Crippen molar-refractivity contribution in [2.24, 2.45) is 0 Å². The molecule has 2 aromatic rings. The summed E-state index contributed by atoms with van der Waals surface area (Å²) in [6, 6.07) is 7.57. The molecule has 0 radical (unpaired) electrons. The van der Waals surface area contributed by atoms with Crippen molar-refractivity contribution in [3.05, 3.63) is 46.5 Å². The monoisotopic (exact) mass is 359 g/mol. The average molecular weight is 359 g/mol. The van der Waals surface area contributed by atoms with Crippen LogP contribution in [-0.2, 0) is 6.42 Å². The molecule has 1 fully saturated rings. The summed E-state index contributed by atoms with van der Waals surface area (Å²) < 4.78 is 0. The molecule has 2 heterocycles. The molecule has 1 aliphatic rings. The van der Waals surface area contributed by atoms with Crippen LogP contribution >= 0.6 is 11.3 Å². The number of ketones is 1. The normalized spacial score (nSPS) is 16.8. The lowest BCUT2D eigenvalue weighted by atomic mass is 10.0. The van der Waals surface area contributed by atoms with Crippen molar-refractivity contribution in [3.8, 4) is 0 Å². The van der Waals surface area contributed by atoms with Gasteiger partial charge in [-0.15, -0.1) is 0 Å². The Hall–Kier alpha value is -2.41. The van der Waals surface area contributed by atoms with E-state index < -0.39 is 6.09 Å². The molecule has 6 nitrogen and oxygen atoms in total. The molecule has 3 rings (SSSR count). The second-order valence-electron chi connectivity index (χ2n) is 6.02. The van der Waals surface area contributed by atoms with Gasteiger partial charge in [-0.25, -0.2) is 9.78 Å². The van der Waals surface area contributed by atoms with E-state index >= 15 is 0 Å². The number of aryl methyl sites for hydroxylation is 1. The van der Waals surface area contributed by atoms with Crippen LogP contribution in [0.15, 0.2) is 30.5 Å². The molecule has 0 aliphatic carbocycles. The number of rotatable bonds is 6. The Morgan fingerprint density at radius 2 is 2.20 bits per heavy atom. The molecule has 2 N–H and O–H groups in total. The fourth-order valence-corrected chi connectivity index (χ4v) is 3.93. The van der Waals surface area contributed by atoms with E-state index in [-0.39, 0.29) is 11.8 Å². The fraction of sp³-hybridized carbons (Fsp3) is 0.389. The molecule has 7 heteroatoms. The zero-order valence-corrected chi connectivity index (χ0v) is 14.9. The van der Waals surface area contributed by atoms with E-state index in [0.717, 1.165) is 24.8 Å². The first kappa shape index (κ1) is 17.4. The van der Waals surface area contributed by atoms with Crippen LogP contribution in [0, 0.1) is 0 Å². The van der Waals surface area contributed by atoms with Gasteiger partial charge in [-0.2, -0.15) is 0 Å². The van der Waals surface area contributed by atoms with Gasteiger partial charge in [-0.1, -0.05) is 42.5 Å². The van der Waals surface area contributed by atoms with Crippen molar-refractivity contribution >= 4 is 28.3 Å². The Morgan fingerprint density at radius 1 is 1.40 bits per heavy atom. The number of nitrogens with one attached hydrogen (secondary N) is 1. The largest absolute Gasteiger partial charge is 0.465 e. The molecule has 1 saturated heterocycles. The third-order valence-corrected chi connectivity index (χ3v) is 5.44. The fourth-order valence-electron chi connectivity index (χ4n) is 3.15. The number of amides is 1. The van der Waals surface area contributed by atoms with Crippen LogP contribution in [0.2, 0.25) is 0 Å². The van der Waals surface area contributed by atoms with E-state index in [2.05, 4.69) is 10.3 Å². The van der Waals surface area contributed by atoms with Crippen molar-refractivity contribution in [3.63, 3.8) is 0 Å². The maximum Gasteiger partial charge on any atom is 0.407 e. The van der Waals surface area contributed by atoms with Crippen molar-refractivity contribution in [1.82, 2.24) is 9.88 Å². The predicted molar refractivity (Wildman–Crippen MR) is 97.6 cm³/mol. The van der Waals surface area contributed by atoms with Crippen molar-refractivity contribution in [1.29, 1.82) is 0 Å². The molecule has 25 heavy (non-hydrogen) atoms. The lowest BCUT2D eigenvalue weighted by Crippen LogP contribution is -2.38. The number of nitrogens with zero attached hydrogens (tertiary/aromatic N) is 2. The summed E-state index contributed by atoms with van der Waals surface area (Å²) in [5.74, 6) is -0.0176. The Balaban J connectivity index is 1.66. The van der Waals surface area contributed by atoms with Crippen LogP contribution in [0.3, 0.4) is 0 Å². The minimum atomic E-state index is -0.879. The maximum atomic E-state index is 12.7. The van der Waals surface area contributed by atoms with Gasteiger partial charge in [-0.05, 0) is 24.8 Å². The lowest BCUT2D eigenvalue weighted by molar-refractivity contribution is 0.104. The summed E-state index contributed by atoms with van der Waals surface area (Å²) in [6.45, 7) is 3.12. The number of hydrogen-bond acceptors (Lipinski definition) is 5. The Morgan fingerprint density at radius 3 is 2.96 bits per heavy atom. The van der Waals surface area contributed by atoms with Crippen LogP contribution in [0.5, 0.6) is 0 Å². The molecule has 132 valence electrons. The average Bonchev–Trinajstić information content (AvgIpc) is 3.28. The van der Waals surface area contributed by atoms with E-state index in [0.29, 0.717) is 28.7 Å². The second-order valence-corrected chi connectivity index (χ2v) is 7.05. The number of benzene rings is 1. The van der Waals surface area contributed by atoms with Gasteiger partial charge in [0.05, 0.1) is 17.1 Å². The highest BCUT2D eigenvalue weighted by molar-refractivity contribution is 7.17. The third-order valence-electron chi connectivity index (χ3n) is 4.48. The van der Waals surface area contributed by atoms with E-state index in [9.17, 15) is 14.7 Å². The third kappa shape index (κ3) is 3.82. The van der Waals surface area contributed by atoms with Gasteiger partial charge >= 0.3 is 6.09 Å². The highest BCUT2D eigenvalue weighted by Crippen LogP contribution is 2.24. The number of hydrogen-bond donors (Lipinski definition) is 2. The summed E-state index contributed by atoms with van der Waals surface area (Å²) in [6.07, 6.45) is 3.24. The number of carbonyl (C=O) groups excluding carboxylic acids is 1. The Bertz CT molecular complexity index is 774. The Labute approximate surface area is 150 Å². The van der Waals surface area contributed by atoms with Gasteiger partial charge in [-0.3, -0.25) is 4.79 Å². The quantitative estimate of drug-likeness (QED) is 0.772.